The Labute approximate surface area is 146 Å². The molecule has 4 N–H and O–H groups in total. The molecule has 0 fully saturated rings. The number of nitrogens with zero attached hydrogens (tertiary/aromatic N) is 1. The number of nitrogens with two attached hydrogens (primary N) is 1. The summed E-state index contributed by atoms with van der Waals surface area (Å²) in [6.07, 6.45) is 0. The zero-order valence-corrected chi connectivity index (χ0v) is 15.1. The van der Waals surface area contributed by atoms with E-state index in [0.717, 1.165) is 5.56 Å². The van der Waals surface area contributed by atoms with Crippen LogP contribution in [0.3, 0.4) is 0 Å². The molecule has 0 bridgehead atoms. The average Bonchev–Trinajstić information content (AvgIpc) is 2.92. The molecule has 1 aromatic carbocycles. The number of amides is 1. The maximum absolute atomic E-state index is 12.4. The molecule has 0 radical (unpaired) electrons. The summed E-state index contributed by atoms with van der Waals surface area (Å²) in [5.41, 5.74) is 7.13. The van der Waals surface area contributed by atoms with Gasteiger partial charge in [0.15, 0.2) is 5.76 Å². The zero-order chi connectivity index (χ0) is 18.6. The summed E-state index contributed by atoms with van der Waals surface area (Å²) in [7, 11) is -3.91. The largest absolute Gasteiger partial charge is 0.360 e. The van der Waals surface area contributed by atoms with E-state index in [2.05, 4.69) is 15.2 Å². The number of hydrogen-bond donors (Lipinski definition) is 3. The third kappa shape index (κ3) is 4.65. The van der Waals surface area contributed by atoms with Crippen molar-refractivity contribution in [1.29, 1.82) is 0 Å². The zero-order valence-electron chi connectivity index (χ0n) is 14.3. The number of rotatable bonds is 7. The maximum atomic E-state index is 12.4. The molecule has 0 aliphatic carbocycles. The number of sulfonamides is 1. The van der Waals surface area contributed by atoms with E-state index in [9.17, 15) is 13.2 Å². The molecule has 1 aromatic heterocycles. The third-order valence-corrected chi connectivity index (χ3v) is 5.47. The second-order valence-electron chi connectivity index (χ2n) is 5.76. The van der Waals surface area contributed by atoms with Crippen LogP contribution < -0.4 is 15.8 Å². The van der Waals surface area contributed by atoms with E-state index in [1.165, 1.54) is 20.8 Å². The van der Waals surface area contributed by atoms with Gasteiger partial charge in [-0.3, -0.25) is 4.79 Å². The lowest BCUT2D eigenvalue weighted by atomic mass is 10.1. The van der Waals surface area contributed by atoms with E-state index in [1.54, 1.807) is 0 Å². The third-order valence-electron chi connectivity index (χ3n) is 3.69. The normalized spacial score (nSPS) is 14.1. The molecule has 25 heavy (non-hydrogen) atoms. The highest BCUT2D eigenvalue weighted by atomic mass is 32.2. The molecule has 9 heteroatoms. The van der Waals surface area contributed by atoms with Gasteiger partial charge in [0, 0.05) is 12.6 Å². The highest BCUT2D eigenvalue weighted by Gasteiger charge is 2.28. The van der Waals surface area contributed by atoms with Crippen molar-refractivity contribution in [2.45, 2.75) is 37.8 Å². The van der Waals surface area contributed by atoms with Gasteiger partial charge in [-0.05, 0) is 26.3 Å². The Balaban J connectivity index is 1.96. The van der Waals surface area contributed by atoms with E-state index in [1.807, 2.05) is 30.3 Å². The average molecular weight is 366 g/mol. The number of aromatic nitrogens is 1. The van der Waals surface area contributed by atoms with Gasteiger partial charge in [0.1, 0.15) is 10.6 Å². The fourth-order valence-electron chi connectivity index (χ4n) is 2.39. The van der Waals surface area contributed by atoms with Crippen LogP contribution in [0, 0.1) is 13.8 Å². The molecule has 1 amide bonds. The van der Waals surface area contributed by atoms with Crippen LogP contribution in [0.1, 0.15) is 30.0 Å². The van der Waals surface area contributed by atoms with E-state index in [4.69, 9.17) is 10.3 Å². The highest BCUT2D eigenvalue weighted by molar-refractivity contribution is 7.89. The van der Waals surface area contributed by atoms with Gasteiger partial charge in [0.05, 0.1) is 6.04 Å². The number of aryl methyl sites for hydroxylation is 2. The fraction of sp³-hybridized carbons (Fsp3) is 0.375. The Morgan fingerprint density at radius 3 is 2.48 bits per heavy atom. The van der Waals surface area contributed by atoms with Crippen molar-refractivity contribution < 1.29 is 17.7 Å². The highest BCUT2D eigenvalue weighted by Crippen LogP contribution is 2.18. The Hall–Kier alpha value is -2.23. The van der Waals surface area contributed by atoms with E-state index in [-0.39, 0.29) is 28.9 Å². The summed E-state index contributed by atoms with van der Waals surface area (Å²) in [5.74, 6) is -0.301. The minimum absolute atomic E-state index is 0.0480. The number of hydrogen-bond acceptors (Lipinski definition) is 6. The second kappa shape index (κ2) is 7.77. The van der Waals surface area contributed by atoms with E-state index < -0.39 is 22.0 Å². The van der Waals surface area contributed by atoms with E-state index >= 15 is 0 Å². The van der Waals surface area contributed by atoms with Crippen molar-refractivity contribution in [3.8, 4) is 0 Å². The predicted octanol–water partition coefficient (Wildman–Crippen LogP) is 0.774. The van der Waals surface area contributed by atoms with Crippen molar-refractivity contribution in [2.24, 2.45) is 5.73 Å². The first-order valence-electron chi connectivity index (χ1n) is 7.76. The van der Waals surface area contributed by atoms with Gasteiger partial charge >= 0.3 is 0 Å². The molecule has 2 rings (SSSR count). The molecule has 2 atom stereocenters. The second-order valence-corrected chi connectivity index (χ2v) is 7.41. The molecule has 0 aliphatic heterocycles. The summed E-state index contributed by atoms with van der Waals surface area (Å²) in [6.45, 7) is 4.67. The SMILES string of the molecule is Cc1noc(C)c1S(=O)(=O)NC(C)C(=O)NCC(N)c1ccccc1. The van der Waals surface area contributed by atoms with Crippen LogP contribution in [-0.4, -0.2) is 32.1 Å². The van der Waals surface area contributed by atoms with Gasteiger partial charge in [-0.25, -0.2) is 8.42 Å². The van der Waals surface area contributed by atoms with Crippen LogP contribution in [0.25, 0.3) is 0 Å². The molecule has 0 saturated heterocycles. The van der Waals surface area contributed by atoms with Crippen molar-refractivity contribution in [1.82, 2.24) is 15.2 Å². The summed E-state index contributed by atoms with van der Waals surface area (Å²) in [5, 5.41) is 6.26. The maximum Gasteiger partial charge on any atom is 0.246 e. The van der Waals surface area contributed by atoms with Crippen molar-refractivity contribution >= 4 is 15.9 Å². The van der Waals surface area contributed by atoms with Crippen molar-refractivity contribution in [2.75, 3.05) is 6.54 Å². The molecule has 8 nitrogen and oxygen atoms in total. The number of benzene rings is 1. The molecule has 136 valence electrons. The number of nitrogens with one attached hydrogen (secondary N) is 2. The number of carbonyl (C=O) groups is 1. The van der Waals surface area contributed by atoms with Gasteiger partial charge in [0.2, 0.25) is 15.9 Å². The van der Waals surface area contributed by atoms with Gasteiger partial charge in [-0.15, -0.1) is 0 Å². The van der Waals surface area contributed by atoms with Gasteiger partial charge in [0.25, 0.3) is 0 Å². The molecular formula is C16H22N4O4S. The monoisotopic (exact) mass is 366 g/mol. The van der Waals surface area contributed by atoms with Crippen molar-refractivity contribution in [3.63, 3.8) is 0 Å². The first-order chi connectivity index (χ1) is 11.7. The summed E-state index contributed by atoms with van der Waals surface area (Å²) < 4.78 is 32.0. The Morgan fingerprint density at radius 2 is 1.92 bits per heavy atom. The molecule has 2 unspecified atom stereocenters. The topological polar surface area (TPSA) is 127 Å². The quantitative estimate of drug-likeness (QED) is 0.664. The molecule has 0 aliphatic rings. The van der Waals surface area contributed by atoms with Gasteiger partial charge in [-0.2, -0.15) is 4.72 Å². The molecular weight excluding hydrogens is 344 g/mol. The summed E-state index contributed by atoms with van der Waals surface area (Å²) in [4.78, 5) is 12.1. The van der Waals surface area contributed by atoms with Crippen LogP contribution in [0.15, 0.2) is 39.8 Å². The van der Waals surface area contributed by atoms with Crippen molar-refractivity contribution in [3.05, 3.63) is 47.3 Å². The minimum atomic E-state index is -3.91. The lowest BCUT2D eigenvalue weighted by Gasteiger charge is -2.17. The smallest absolute Gasteiger partial charge is 0.246 e. The van der Waals surface area contributed by atoms with Gasteiger partial charge in [-0.1, -0.05) is 35.5 Å². The molecule has 1 heterocycles. The Kier molecular flexibility index (Phi) is 5.93. The molecule has 0 saturated carbocycles. The molecule has 0 spiro atoms. The Morgan fingerprint density at radius 1 is 1.28 bits per heavy atom. The predicted molar refractivity (Wildman–Crippen MR) is 92.1 cm³/mol. The summed E-state index contributed by atoms with van der Waals surface area (Å²) in [6, 6.07) is 7.97. The standard InChI is InChI=1S/C16H22N4O4S/c1-10-15(12(3)24-19-10)25(22,23)20-11(2)16(21)18-9-14(17)13-7-5-4-6-8-13/h4-8,11,14,20H,9,17H2,1-3H3,(H,18,21). The van der Waals surface area contributed by atoms with Crippen LogP contribution >= 0.6 is 0 Å². The lowest BCUT2D eigenvalue weighted by molar-refractivity contribution is -0.122. The first kappa shape index (κ1) is 19.1. The summed E-state index contributed by atoms with van der Waals surface area (Å²) >= 11 is 0. The Bertz CT molecular complexity index is 814. The van der Waals surface area contributed by atoms with E-state index in [0.29, 0.717) is 0 Å². The lowest BCUT2D eigenvalue weighted by Crippen LogP contribution is -2.46. The minimum Gasteiger partial charge on any atom is -0.360 e. The van der Waals surface area contributed by atoms with Crippen LogP contribution in [-0.2, 0) is 14.8 Å². The number of carbonyl (C=O) groups excluding carboxylic acids is 1. The first-order valence-corrected chi connectivity index (χ1v) is 9.24. The van der Waals surface area contributed by atoms with Crippen LogP contribution in [0.4, 0.5) is 0 Å². The van der Waals surface area contributed by atoms with Crippen LogP contribution in [0.5, 0.6) is 0 Å². The fourth-order valence-corrected chi connectivity index (χ4v) is 3.92. The van der Waals surface area contributed by atoms with Gasteiger partial charge < -0.3 is 15.6 Å². The molecule has 2 aromatic rings. The van der Waals surface area contributed by atoms with Crippen LogP contribution in [0.2, 0.25) is 0 Å².